The van der Waals surface area contributed by atoms with E-state index in [-0.39, 0.29) is 36.5 Å². The smallest absolute Gasteiger partial charge is 0.407 e. The van der Waals surface area contributed by atoms with E-state index >= 15 is 0 Å². The Hall–Kier alpha value is -4.21. The molecule has 2 aromatic rings. The molecule has 0 saturated heterocycles. The highest BCUT2D eigenvalue weighted by Crippen LogP contribution is 2.25. The summed E-state index contributed by atoms with van der Waals surface area (Å²) in [4.78, 5) is 62.5. The molecule has 10 nitrogen and oxygen atoms in total. The molecular formula is C26H30N4O6. The van der Waals surface area contributed by atoms with Gasteiger partial charge in [0.15, 0.2) is 0 Å². The molecule has 1 aliphatic rings. The predicted octanol–water partition coefficient (Wildman–Crippen LogP) is 2.84. The Kier molecular flexibility index (Phi) is 8.08. The number of anilines is 1. The van der Waals surface area contributed by atoms with Gasteiger partial charge in [0.2, 0.25) is 11.8 Å². The van der Waals surface area contributed by atoms with Crippen LogP contribution >= 0.6 is 0 Å². The van der Waals surface area contributed by atoms with Crippen LogP contribution in [0.2, 0.25) is 0 Å². The summed E-state index contributed by atoms with van der Waals surface area (Å²) in [5.74, 6) is -1.72. The highest BCUT2D eigenvalue weighted by atomic mass is 16.6. The number of carbonyl (C=O) groups excluding carboxylic acids is 5. The summed E-state index contributed by atoms with van der Waals surface area (Å²) in [6.45, 7) is 7.18. The molecule has 0 aliphatic carbocycles. The van der Waals surface area contributed by atoms with Crippen molar-refractivity contribution in [3.05, 3.63) is 65.2 Å². The SMILES string of the molecule is CC(C(=O)Nc1ccc(CNC(=O)CCNC(=O)OC(C)(C)C)cc1)N1C(=O)c2ccccc2C1=O. The number of nitrogens with zero attached hydrogens (tertiary/aromatic N) is 1. The third-order valence-electron chi connectivity index (χ3n) is 5.32. The molecule has 1 unspecified atom stereocenters. The molecule has 1 atom stereocenters. The van der Waals surface area contributed by atoms with Crippen LogP contribution in [0.5, 0.6) is 0 Å². The van der Waals surface area contributed by atoms with Crippen LogP contribution in [0.1, 0.15) is 60.4 Å². The number of alkyl carbamates (subject to hydrolysis) is 1. The van der Waals surface area contributed by atoms with Gasteiger partial charge in [0.1, 0.15) is 11.6 Å². The van der Waals surface area contributed by atoms with Gasteiger partial charge in [-0.2, -0.15) is 0 Å². The number of rotatable bonds is 8. The Balaban J connectivity index is 1.45. The van der Waals surface area contributed by atoms with E-state index in [0.717, 1.165) is 10.5 Å². The molecular weight excluding hydrogens is 464 g/mol. The van der Waals surface area contributed by atoms with Crippen LogP contribution in [0.3, 0.4) is 0 Å². The Labute approximate surface area is 209 Å². The van der Waals surface area contributed by atoms with Crippen LogP contribution in [-0.4, -0.2) is 52.8 Å². The summed E-state index contributed by atoms with van der Waals surface area (Å²) in [6, 6.07) is 12.3. The molecule has 3 N–H and O–H groups in total. The van der Waals surface area contributed by atoms with Crippen molar-refractivity contribution < 1.29 is 28.7 Å². The second kappa shape index (κ2) is 11.0. The maximum atomic E-state index is 12.7. The zero-order valence-electron chi connectivity index (χ0n) is 20.7. The number of carbonyl (C=O) groups is 5. The Morgan fingerprint density at radius 3 is 2.06 bits per heavy atom. The summed E-state index contributed by atoms with van der Waals surface area (Å²) in [6.07, 6.45) is -0.478. The normalized spacial score (nSPS) is 13.6. The fourth-order valence-electron chi connectivity index (χ4n) is 3.51. The fraction of sp³-hybridized carbons (Fsp3) is 0.346. The molecule has 0 spiro atoms. The first kappa shape index (κ1) is 26.4. The molecule has 1 aliphatic heterocycles. The van der Waals surface area contributed by atoms with Crippen LogP contribution < -0.4 is 16.0 Å². The van der Waals surface area contributed by atoms with Gasteiger partial charge in [0.25, 0.3) is 11.8 Å². The largest absolute Gasteiger partial charge is 0.444 e. The minimum Gasteiger partial charge on any atom is -0.444 e. The minimum atomic E-state index is -0.995. The van der Waals surface area contributed by atoms with Gasteiger partial charge >= 0.3 is 6.09 Å². The van der Waals surface area contributed by atoms with Crippen molar-refractivity contribution >= 4 is 35.4 Å². The van der Waals surface area contributed by atoms with Crippen molar-refractivity contribution in [1.29, 1.82) is 0 Å². The number of nitrogens with one attached hydrogen (secondary N) is 3. The van der Waals surface area contributed by atoms with Crippen molar-refractivity contribution in [2.24, 2.45) is 0 Å². The monoisotopic (exact) mass is 494 g/mol. The van der Waals surface area contributed by atoms with E-state index in [0.29, 0.717) is 5.69 Å². The van der Waals surface area contributed by atoms with Crippen molar-refractivity contribution in [2.45, 2.75) is 52.3 Å². The highest BCUT2D eigenvalue weighted by molar-refractivity contribution is 6.23. The first-order chi connectivity index (χ1) is 17.0. The zero-order valence-corrected chi connectivity index (χ0v) is 20.7. The summed E-state index contributed by atoms with van der Waals surface area (Å²) < 4.78 is 5.11. The van der Waals surface area contributed by atoms with E-state index in [2.05, 4.69) is 16.0 Å². The molecule has 0 radical (unpaired) electrons. The lowest BCUT2D eigenvalue weighted by atomic mass is 10.1. The number of amides is 5. The summed E-state index contributed by atoms with van der Waals surface area (Å²) in [5.41, 5.74) is 1.25. The van der Waals surface area contributed by atoms with E-state index in [1.54, 1.807) is 69.3 Å². The topological polar surface area (TPSA) is 134 Å². The van der Waals surface area contributed by atoms with Crippen molar-refractivity contribution in [1.82, 2.24) is 15.5 Å². The average molecular weight is 495 g/mol. The van der Waals surface area contributed by atoms with Crippen molar-refractivity contribution in [3.8, 4) is 0 Å². The lowest BCUT2D eigenvalue weighted by molar-refractivity contribution is -0.121. The van der Waals surface area contributed by atoms with Gasteiger partial charge in [-0.3, -0.25) is 24.1 Å². The Morgan fingerprint density at radius 1 is 0.917 bits per heavy atom. The lowest BCUT2D eigenvalue weighted by Gasteiger charge is -2.21. The van der Waals surface area contributed by atoms with Gasteiger partial charge in [-0.05, 0) is 57.5 Å². The summed E-state index contributed by atoms with van der Waals surface area (Å²) in [5, 5.41) is 7.99. The molecule has 1 heterocycles. The lowest BCUT2D eigenvalue weighted by Crippen LogP contribution is -2.45. The molecule has 0 bridgehead atoms. The number of hydrogen-bond acceptors (Lipinski definition) is 6. The molecule has 0 aromatic heterocycles. The van der Waals surface area contributed by atoms with Gasteiger partial charge in [0.05, 0.1) is 11.1 Å². The quantitative estimate of drug-likeness (QED) is 0.483. The maximum absolute atomic E-state index is 12.7. The maximum Gasteiger partial charge on any atom is 0.407 e. The number of fused-ring (bicyclic) bond motifs is 1. The van der Waals surface area contributed by atoms with Gasteiger partial charge in [-0.1, -0.05) is 24.3 Å². The van der Waals surface area contributed by atoms with E-state index < -0.39 is 35.5 Å². The second-order valence-corrected chi connectivity index (χ2v) is 9.34. The third kappa shape index (κ3) is 6.68. The number of hydrogen-bond donors (Lipinski definition) is 3. The van der Waals surface area contributed by atoms with E-state index in [4.69, 9.17) is 4.74 Å². The molecule has 3 rings (SSSR count). The van der Waals surface area contributed by atoms with E-state index in [1.807, 2.05) is 0 Å². The van der Waals surface area contributed by atoms with E-state index in [9.17, 15) is 24.0 Å². The van der Waals surface area contributed by atoms with Crippen LogP contribution in [0.15, 0.2) is 48.5 Å². The molecule has 10 heteroatoms. The molecule has 190 valence electrons. The predicted molar refractivity (Wildman–Crippen MR) is 132 cm³/mol. The third-order valence-corrected chi connectivity index (χ3v) is 5.32. The first-order valence-corrected chi connectivity index (χ1v) is 11.6. The van der Waals surface area contributed by atoms with Gasteiger partial charge in [-0.15, -0.1) is 0 Å². The fourth-order valence-corrected chi connectivity index (χ4v) is 3.51. The van der Waals surface area contributed by atoms with Crippen LogP contribution in [0, 0.1) is 0 Å². The van der Waals surface area contributed by atoms with Gasteiger partial charge in [-0.25, -0.2) is 4.79 Å². The van der Waals surface area contributed by atoms with Crippen LogP contribution in [0.4, 0.5) is 10.5 Å². The van der Waals surface area contributed by atoms with Crippen LogP contribution in [0.25, 0.3) is 0 Å². The van der Waals surface area contributed by atoms with Crippen molar-refractivity contribution in [2.75, 3.05) is 11.9 Å². The Bertz CT molecular complexity index is 1130. The number of benzene rings is 2. The average Bonchev–Trinajstić information content (AvgIpc) is 3.07. The van der Waals surface area contributed by atoms with Crippen LogP contribution in [-0.2, 0) is 20.9 Å². The number of imide groups is 1. The minimum absolute atomic E-state index is 0.100. The highest BCUT2D eigenvalue weighted by Gasteiger charge is 2.40. The molecule has 2 aromatic carbocycles. The molecule has 0 saturated carbocycles. The van der Waals surface area contributed by atoms with E-state index in [1.165, 1.54) is 6.92 Å². The summed E-state index contributed by atoms with van der Waals surface area (Å²) >= 11 is 0. The first-order valence-electron chi connectivity index (χ1n) is 11.6. The van der Waals surface area contributed by atoms with Gasteiger partial charge < -0.3 is 20.7 Å². The number of ether oxygens (including phenoxy) is 1. The van der Waals surface area contributed by atoms with Gasteiger partial charge in [0, 0.05) is 25.2 Å². The standard InChI is InChI=1S/C26H30N4O6/c1-16(30-23(33)19-7-5-6-8-20(19)24(30)34)22(32)29-18-11-9-17(10-12-18)15-28-21(31)13-14-27-25(35)36-26(2,3)4/h5-12,16H,13-15H2,1-4H3,(H,27,35)(H,28,31)(H,29,32). The van der Waals surface area contributed by atoms with Crippen molar-refractivity contribution in [3.63, 3.8) is 0 Å². The second-order valence-electron chi connectivity index (χ2n) is 9.34. The molecule has 36 heavy (non-hydrogen) atoms. The summed E-state index contributed by atoms with van der Waals surface area (Å²) in [7, 11) is 0. The Morgan fingerprint density at radius 2 is 1.50 bits per heavy atom. The molecule has 0 fully saturated rings. The molecule has 5 amide bonds. The zero-order chi connectivity index (χ0) is 26.5.